The lowest BCUT2D eigenvalue weighted by Gasteiger charge is -2.12. The van der Waals surface area contributed by atoms with Crippen LogP contribution in [0.5, 0.6) is 5.75 Å². The molecule has 0 bridgehead atoms. The van der Waals surface area contributed by atoms with Gasteiger partial charge in [-0.2, -0.15) is 4.57 Å². The first-order chi connectivity index (χ1) is 11.6. The van der Waals surface area contributed by atoms with Gasteiger partial charge in [0.2, 0.25) is 6.54 Å². The highest BCUT2D eigenvalue weighted by atomic mass is 16.5. The summed E-state index contributed by atoms with van der Waals surface area (Å²) in [4.78, 5) is 12.3. The third-order valence-electron chi connectivity index (χ3n) is 4.33. The Morgan fingerprint density at radius 1 is 1.17 bits per heavy atom. The summed E-state index contributed by atoms with van der Waals surface area (Å²) in [6.07, 6.45) is 6.21. The fourth-order valence-electron chi connectivity index (χ4n) is 2.88. The third-order valence-corrected chi connectivity index (χ3v) is 4.33. The molecule has 0 spiro atoms. The van der Waals surface area contributed by atoms with E-state index >= 15 is 0 Å². The largest absolute Gasteiger partial charge is 0.495 e. The molecule has 1 N–H and O–H groups in total. The van der Waals surface area contributed by atoms with Crippen molar-refractivity contribution in [2.45, 2.75) is 46.1 Å². The van der Waals surface area contributed by atoms with Crippen molar-refractivity contribution in [1.82, 2.24) is 0 Å². The van der Waals surface area contributed by atoms with Crippen molar-refractivity contribution in [1.29, 1.82) is 0 Å². The van der Waals surface area contributed by atoms with Crippen LogP contribution in [0.1, 0.15) is 43.7 Å². The maximum absolute atomic E-state index is 12.3. The van der Waals surface area contributed by atoms with Crippen LogP contribution < -0.4 is 14.6 Å². The molecule has 0 atom stereocenters. The van der Waals surface area contributed by atoms with Gasteiger partial charge in [-0.25, -0.2) is 0 Å². The first kappa shape index (κ1) is 18.0. The number of aryl methyl sites for hydroxylation is 1. The molecule has 0 radical (unpaired) electrons. The molecule has 0 fully saturated rings. The smallest absolute Gasteiger partial charge is 0.290 e. The van der Waals surface area contributed by atoms with Crippen LogP contribution in [0.25, 0.3) is 0 Å². The van der Waals surface area contributed by atoms with Crippen molar-refractivity contribution < 1.29 is 14.1 Å². The van der Waals surface area contributed by atoms with Crippen molar-refractivity contribution in [3.8, 4) is 5.75 Å². The summed E-state index contributed by atoms with van der Waals surface area (Å²) in [5.74, 6) is 1.19. The van der Waals surface area contributed by atoms with E-state index in [9.17, 15) is 4.79 Å². The van der Waals surface area contributed by atoms with Crippen LogP contribution >= 0.6 is 0 Å². The number of hydrogen-bond donors (Lipinski definition) is 1. The van der Waals surface area contributed by atoms with E-state index in [1.165, 1.54) is 5.56 Å². The second-order valence-corrected chi connectivity index (χ2v) is 6.07. The van der Waals surface area contributed by atoms with E-state index in [1.807, 2.05) is 42.1 Å². The maximum atomic E-state index is 12.3. The SMILES string of the molecule is CCC(CC)c1cc[n+](CC(=O)Nc2cc(C)ccc2OC)cc1. The standard InChI is InChI=1S/C20H26N2O2/c1-5-16(6-2)17-9-11-22(12-10-17)14-20(23)21-18-13-15(3)7-8-19(18)24-4/h7-13,16H,5-6,14H2,1-4H3/p+1. The fraction of sp³-hybridized carbons (Fsp3) is 0.400. The van der Waals surface area contributed by atoms with Gasteiger partial charge >= 0.3 is 0 Å². The normalized spacial score (nSPS) is 10.7. The Bertz CT molecular complexity index is 677. The molecule has 0 aliphatic rings. The monoisotopic (exact) mass is 327 g/mol. The molecule has 128 valence electrons. The van der Waals surface area contributed by atoms with E-state index in [4.69, 9.17) is 4.74 Å². The van der Waals surface area contributed by atoms with Crippen LogP contribution in [-0.2, 0) is 11.3 Å². The van der Waals surface area contributed by atoms with Crippen LogP contribution in [0.4, 0.5) is 5.69 Å². The van der Waals surface area contributed by atoms with Crippen LogP contribution in [0, 0.1) is 6.92 Å². The zero-order valence-electron chi connectivity index (χ0n) is 15.0. The molecule has 2 aromatic rings. The predicted octanol–water partition coefficient (Wildman–Crippen LogP) is 3.83. The van der Waals surface area contributed by atoms with Crippen molar-refractivity contribution >= 4 is 11.6 Å². The van der Waals surface area contributed by atoms with Gasteiger partial charge in [-0.05, 0) is 48.9 Å². The van der Waals surface area contributed by atoms with Gasteiger partial charge in [0.1, 0.15) is 5.75 Å². The summed E-state index contributed by atoms with van der Waals surface area (Å²) in [7, 11) is 1.60. The van der Waals surface area contributed by atoms with E-state index in [1.54, 1.807) is 7.11 Å². The zero-order valence-corrected chi connectivity index (χ0v) is 15.0. The van der Waals surface area contributed by atoms with Gasteiger partial charge < -0.3 is 10.1 Å². The molecule has 1 amide bonds. The molecule has 0 saturated heterocycles. The highest BCUT2D eigenvalue weighted by Crippen LogP contribution is 2.25. The van der Waals surface area contributed by atoms with Gasteiger partial charge in [0.25, 0.3) is 5.91 Å². The lowest BCUT2D eigenvalue weighted by Crippen LogP contribution is -2.39. The number of anilines is 1. The lowest BCUT2D eigenvalue weighted by molar-refractivity contribution is -0.684. The van der Waals surface area contributed by atoms with Gasteiger partial charge in [0.05, 0.1) is 12.8 Å². The van der Waals surface area contributed by atoms with Crippen LogP contribution in [0.15, 0.2) is 42.7 Å². The number of methoxy groups -OCH3 is 1. The number of aromatic nitrogens is 1. The number of nitrogens with one attached hydrogen (secondary N) is 1. The molecule has 1 aromatic carbocycles. The Balaban J connectivity index is 2.04. The van der Waals surface area contributed by atoms with Crippen molar-refractivity contribution in [3.63, 3.8) is 0 Å². The third kappa shape index (κ3) is 4.57. The number of carbonyl (C=O) groups excluding carboxylic acids is 1. The fourth-order valence-corrected chi connectivity index (χ4v) is 2.88. The number of nitrogens with zero attached hydrogens (tertiary/aromatic N) is 1. The summed E-state index contributed by atoms with van der Waals surface area (Å²) >= 11 is 0. The van der Waals surface area contributed by atoms with Crippen LogP contribution in [0.2, 0.25) is 0 Å². The minimum atomic E-state index is -0.0702. The second kappa shape index (κ2) is 8.48. The molecule has 1 aromatic heterocycles. The van der Waals surface area contributed by atoms with Gasteiger partial charge in [-0.3, -0.25) is 4.79 Å². The summed E-state index contributed by atoms with van der Waals surface area (Å²) in [6, 6.07) is 9.95. The van der Waals surface area contributed by atoms with Gasteiger partial charge in [0, 0.05) is 12.1 Å². The van der Waals surface area contributed by atoms with Gasteiger partial charge in [-0.15, -0.1) is 0 Å². The number of ether oxygens (including phenoxy) is 1. The molecule has 0 unspecified atom stereocenters. The summed E-state index contributed by atoms with van der Waals surface area (Å²) < 4.78 is 7.19. The molecular formula is C20H27N2O2+. The number of benzene rings is 1. The molecular weight excluding hydrogens is 300 g/mol. The van der Waals surface area contributed by atoms with Crippen molar-refractivity contribution in [3.05, 3.63) is 53.9 Å². The minimum Gasteiger partial charge on any atom is -0.495 e. The number of amides is 1. The zero-order chi connectivity index (χ0) is 17.5. The molecule has 4 heteroatoms. The minimum absolute atomic E-state index is 0.0702. The number of pyridine rings is 1. The maximum Gasteiger partial charge on any atom is 0.290 e. The highest BCUT2D eigenvalue weighted by molar-refractivity contribution is 5.91. The number of hydrogen-bond acceptors (Lipinski definition) is 2. The van der Waals surface area contributed by atoms with E-state index in [0.29, 0.717) is 17.4 Å². The first-order valence-corrected chi connectivity index (χ1v) is 8.50. The Hall–Kier alpha value is -2.36. The summed E-state index contributed by atoms with van der Waals surface area (Å²) in [5, 5.41) is 2.93. The Kier molecular flexibility index (Phi) is 6.36. The van der Waals surface area contributed by atoms with E-state index in [0.717, 1.165) is 18.4 Å². The van der Waals surface area contributed by atoms with Gasteiger partial charge in [-0.1, -0.05) is 19.9 Å². The summed E-state index contributed by atoms with van der Waals surface area (Å²) in [5.41, 5.74) is 3.11. The Labute approximate surface area is 144 Å². The molecule has 1 heterocycles. The Morgan fingerprint density at radius 2 is 1.83 bits per heavy atom. The average Bonchev–Trinajstić information content (AvgIpc) is 2.57. The molecule has 0 aliphatic heterocycles. The quantitative estimate of drug-likeness (QED) is 0.785. The van der Waals surface area contributed by atoms with Crippen LogP contribution in [-0.4, -0.2) is 13.0 Å². The molecule has 0 saturated carbocycles. The molecule has 2 rings (SSSR count). The van der Waals surface area contributed by atoms with E-state index in [-0.39, 0.29) is 12.5 Å². The highest BCUT2D eigenvalue weighted by Gasteiger charge is 2.14. The second-order valence-electron chi connectivity index (χ2n) is 6.07. The van der Waals surface area contributed by atoms with Crippen molar-refractivity contribution in [2.24, 2.45) is 0 Å². The number of rotatable bonds is 7. The molecule has 0 aliphatic carbocycles. The number of carbonyl (C=O) groups is 1. The van der Waals surface area contributed by atoms with E-state index < -0.39 is 0 Å². The van der Waals surface area contributed by atoms with Gasteiger partial charge in [0.15, 0.2) is 12.4 Å². The predicted molar refractivity (Wildman–Crippen MR) is 96.3 cm³/mol. The average molecular weight is 327 g/mol. The molecule has 4 nitrogen and oxygen atoms in total. The lowest BCUT2D eigenvalue weighted by atomic mass is 9.95. The van der Waals surface area contributed by atoms with Crippen LogP contribution in [0.3, 0.4) is 0 Å². The summed E-state index contributed by atoms with van der Waals surface area (Å²) in [6.45, 7) is 6.68. The Morgan fingerprint density at radius 3 is 2.42 bits per heavy atom. The molecule has 24 heavy (non-hydrogen) atoms. The topological polar surface area (TPSA) is 42.2 Å². The van der Waals surface area contributed by atoms with E-state index in [2.05, 4.69) is 31.3 Å². The first-order valence-electron chi connectivity index (χ1n) is 8.50. The van der Waals surface area contributed by atoms with Crippen molar-refractivity contribution in [2.75, 3.05) is 12.4 Å².